The van der Waals surface area contributed by atoms with E-state index in [2.05, 4.69) is 10.3 Å². The Morgan fingerprint density at radius 3 is 3.19 bits per heavy atom. The third-order valence-electron chi connectivity index (χ3n) is 2.77. The van der Waals surface area contributed by atoms with Crippen molar-refractivity contribution in [2.24, 2.45) is 0 Å². The molecule has 1 aliphatic heterocycles. The van der Waals surface area contributed by atoms with Crippen molar-refractivity contribution in [3.05, 3.63) is 17.8 Å². The van der Waals surface area contributed by atoms with Gasteiger partial charge in [0.25, 0.3) is 0 Å². The van der Waals surface area contributed by atoms with Gasteiger partial charge in [0.05, 0.1) is 12.1 Å². The van der Waals surface area contributed by atoms with Gasteiger partial charge in [0.15, 0.2) is 5.89 Å². The van der Waals surface area contributed by atoms with Crippen molar-refractivity contribution in [3.8, 4) is 0 Å². The zero-order chi connectivity index (χ0) is 11.4. The standard InChI is InChI=1S/C11H16N2O3/c14-11(15)6-9-7-16-10(13-9)5-8-3-1-2-4-12-8/h7-8,12H,1-6H2,(H,14,15). The lowest BCUT2D eigenvalue weighted by molar-refractivity contribution is -0.136. The zero-order valence-electron chi connectivity index (χ0n) is 9.11. The zero-order valence-corrected chi connectivity index (χ0v) is 9.11. The molecule has 2 heterocycles. The average molecular weight is 224 g/mol. The topological polar surface area (TPSA) is 75.4 Å². The van der Waals surface area contributed by atoms with Crippen molar-refractivity contribution in [1.29, 1.82) is 0 Å². The van der Waals surface area contributed by atoms with Gasteiger partial charge >= 0.3 is 5.97 Å². The Morgan fingerprint density at radius 1 is 1.62 bits per heavy atom. The summed E-state index contributed by atoms with van der Waals surface area (Å²) in [7, 11) is 0. The van der Waals surface area contributed by atoms with Crippen molar-refractivity contribution < 1.29 is 14.3 Å². The van der Waals surface area contributed by atoms with Gasteiger partial charge < -0.3 is 14.8 Å². The summed E-state index contributed by atoms with van der Waals surface area (Å²) in [6.45, 7) is 1.05. The molecule has 0 bridgehead atoms. The maximum atomic E-state index is 10.5. The second kappa shape index (κ2) is 5.12. The van der Waals surface area contributed by atoms with Crippen molar-refractivity contribution >= 4 is 5.97 Å². The highest BCUT2D eigenvalue weighted by molar-refractivity contribution is 5.69. The molecule has 1 atom stereocenters. The summed E-state index contributed by atoms with van der Waals surface area (Å²) in [5.41, 5.74) is 0.498. The molecule has 1 saturated heterocycles. The summed E-state index contributed by atoms with van der Waals surface area (Å²) in [5, 5.41) is 12.0. The first-order valence-electron chi connectivity index (χ1n) is 5.62. The quantitative estimate of drug-likeness (QED) is 0.797. The molecule has 1 unspecified atom stereocenters. The van der Waals surface area contributed by atoms with Crippen molar-refractivity contribution in [2.75, 3.05) is 6.54 Å². The minimum absolute atomic E-state index is 0.0679. The SMILES string of the molecule is O=C(O)Cc1coc(CC2CCCCN2)n1. The second-order valence-corrected chi connectivity index (χ2v) is 4.15. The van der Waals surface area contributed by atoms with Gasteiger partial charge in [-0.2, -0.15) is 0 Å². The van der Waals surface area contributed by atoms with Crippen LogP contribution in [0.2, 0.25) is 0 Å². The smallest absolute Gasteiger partial charge is 0.309 e. The predicted molar refractivity (Wildman–Crippen MR) is 57.2 cm³/mol. The summed E-state index contributed by atoms with van der Waals surface area (Å²) in [6, 6.07) is 0.421. The molecule has 0 saturated carbocycles. The van der Waals surface area contributed by atoms with Gasteiger partial charge in [-0.3, -0.25) is 4.79 Å². The first kappa shape index (κ1) is 11.1. The number of carboxylic acids is 1. The first-order chi connectivity index (χ1) is 7.74. The van der Waals surface area contributed by atoms with Crippen LogP contribution < -0.4 is 5.32 Å². The minimum Gasteiger partial charge on any atom is -0.481 e. The fourth-order valence-electron chi connectivity index (χ4n) is 1.99. The van der Waals surface area contributed by atoms with E-state index in [-0.39, 0.29) is 6.42 Å². The van der Waals surface area contributed by atoms with E-state index in [0.29, 0.717) is 17.6 Å². The van der Waals surface area contributed by atoms with Crippen molar-refractivity contribution in [3.63, 3.8) is 0 Å². The molecule has 1 fully saturated rings. The lowest BCUT2D eigenvalue weighted by Gasteiger charge is -2.21. The number of piperidine rings is 1. The van der Waals surface area contributed by atoms with Crippen LogP contribution in [0.15, 0.2) is 10.7 Å². The Kier molecular flexibility index (Phi) is 3.56. The minimum atomic E-state index is -0.879. The number of carboxylic acid groups (broad SMARTS) is 1. The first-order valence-corrected chi connectivity index (χ1v) is 5.62. The monoisotopic (exact) mass is 224 g/mol. The molecule has 0 aromatic carbocycles. The maximum absolute atomic E-state index is 10.5. The molecule has 2 rings (SSSR count). The summed E-state index contributed by atoms with van der Waals surface area (Å²) in [6.07, 6.45) is 5.72. The van der Waals surface area contributed by atoms with E-state index in [1.807, 2.05) is 0 Å². The number of rotatable bonds is 4. The molecule has 0 aliphatic carbocycles. The van der Waals surface area contributed by atoms with Crippen LogP contribution >= 0.6 is 0 Å². The van der Waals surface area contributed by atoms with E-state index < -0.39 is 5.97 Å². The van der Waals surface area contributed by atoms with E-state index >= 15 is 0 Å². The van der Waals surface area contributed by atoms with Crippen LogP contribution in [0, 0.1) is 0 Å². The molecule has 1 aromatic rings. The van der Waals surface area contributed by atoms with Crippen LogP contribution in [0.1, 0.15) is 30.8 Å². The largest absolute Gasteiger partial charge is 0.481 e. The van der Waals surface area contributed by atoms with Gasteiger partial charge in [0.1, 0.15) is 6.26 Å². The van der Waals surface area contributed by atoms with Gasteiger partial charge in [0, 0.05) is 12.5 Å². The molecule has 88 valence electrons. The number of nitrogens with one attached hydrogen (secondary N) is 1. The average Bonchev–Trinajstić information content (AvgIpc) is 2.66. The molecule has 0 spiro atoms. The van der Waals surface area contributed by atoms with Crippen LogP contribution in [0.25, 0.3) is 0 Å². The highest BCUT2D eigenvalue weighted by Gasteiger charge is 2.16. The molecular weight excluding hydrogens is 208 g/mol. The number of aliphatic carboxylic acids is 1. The lowest BCUT2D eigenvalue weighted by atomic mass is 10.0. The third-order valence-corrected chi connectivity index (χ3v) is 2.77. The Labute approximate surface area is 93.9 Å². The molecule has 0 amide bonds. The summed E-state index contributed by atoms with van der Waals surface area (Å²) < 4.78 is 5.25. The van der Waals surface area contributed by atoms with Crippen molar-refractivity contribution in [1.82, 2.24) is 10.3 Å². The molecular formula is C11H16N2O3. The molecule has 1 aromatic heterocycles. The fraction of sp³-hybridized carbons (Fsp3) is 0.636. The number of carbonyl (C=O) groups is 1. The fourth-order valence-corrected chi connectivity index (χ4v) is 1.99. The molecule has 1 aliphatic rings. The van der Waals surface area contributed by atoms with Crippen LogP contribution in [0.4, 0.5) is 0 Å². The van der Waals surface area contributed by atoms with Crippen LogP contribution in [-0.4, -0.2) is 28.6 Å². The number of hydrogen-bond acceptors (Lipinski definition) is 4. The van der Waals surface area contributed by atoms with Gasteiger partial charge in [-0.1, -0.05) is 6.42 Å². The number of oxazole rings is 1. The predicted octanol–water partition coefficient (Wildman–Crippen LogP) is 0.986. The van der Waals surface area contributed by atoms with Crippen LogP contribution in [0.3, 0.4) is 0 Å². The van der Waals surface area contributed by atoms with E-state index in [1.165, 1.54) is 19.1 Å². The van der Waals surface area contributed by atoms with E-state index in [4.69, 9.17) is 9.52 Å². The van der Waals surface area contributed by atoms with E-state index in [9.17, 15) is 4.79 Å². The second-order valence-electron chi connectivity index (χ2n) is 4.15. The highest BCUT2D eigenvalue weighted by atomic mass is 16.4. The maximum Gasteiger partial charge on any atom is 0.309 e. The molecule has 16 heavy (non-hydrogen) atoms. The Bertz CT molecular complexity index is 356. The van der Waals surface area contributed by atoms with E-state index in [1.54, 1.807) is 0 Å². The van der Waals surface area contributed by atoms with Crippen LogP contribution in [0.5, 0.6) is 0 Å². The number of aromatic nitrogens is 1. The van der Waals surface area contributed by atoms with Crippen LogP contribution in [-0.2, 0) is 17.6 Å². The van der Waals surface area contributed by atoms with Gasteiger partial charge in [-0.05, 0) is 19.4 Å². The lowest BCUT2D eigenvalue weighted by Crippen LogP contribution is -2.35. The normalized spacial score (nSPS) is 20.9. The van der Waals surface area contributed by atoms with Gasteiger partial charge in [0.2, 0.25) is 0 Å². The number of hydrogen-bond donors (Lipinski definition) is 2. The van der Waals surface area contributed by atoms with Gasteiger partial charge in [-0.25, -0.2) is 4.98 Å². The molecule has 5 nitrogen and oxygen atoms in total. The third kappa shape index (κ3) is 3.06. The summed E-state index contributed by atoms with van der Waals surface area (Å²) in [4.78, 5) is 14.6. The Balaban J connectivity index is 1.88. The van der Waals surface area contributed by atoms with E-state index in [0.717, 1.165) is 19.4 Å². The number of nitrogens with zero attached hydrogens (tertiary/aromatic N) is 1. The summed E-state index contributed by atoms with van der Waals surface area (Å²) in [5.74, 6) is -0.244. The Hall–Kier alpha value is -1.36. The summed E-state index contributed by atoms with van der Waals surface area (Å²) >= 11 is 0. The Morgan fingerprint density at radius 2 is 2.50 bits per heavy atom. The van der Waals surface area contributed by atoms with Crippen molar-refractivity contribution in [2.45, 2.75) is 38.1 Å². The molecule has 2 N–H and O–H groups in total. The molecule has 0 radical (unpaired) electrons. The van der Waals surface area contributed by atoms with Gasteiger partial charge in [-0.15, -0.1) is 0 Å². The molecule has 5 heteroatoms. The highest BCUT2D eigenvalue weighted by Crippen LogP contribution is 2.12.